The van der Waals surface area contributed by atoms with Crippen molar-refractivity contribution in [1.82, 2.24) is 4.72 Å². The molecule has 7 heteroatoms. The van der Waals surface area contributed by atoms with E-state index in [4.69, 9.17) is 34.8 Å². The number of rotatable bonds is 5. The number of hydrogen-bond acceptors (Lipinski definition) is 2. The van der Waals surface area contributed by atoms with Crippen molar-refractivity contribution in [3.05, 3.63) is 28.2 Å². The molecule has 0 spiro atoms. The molecule has 1 N–H and O–H groups in total. The van der Waals surface area contributed by atoms with Crippen LogP contribution in [0.4, 0.5) is 0 Å². The lowest BCUT2D eigenvalue weighted by molar-refractivity contribution is 0.480. The lowest BCUT2D eigenvalue weighted by Gasteiger charge is -2.19. The van der Waals surface area contributed by atoms with E-state index < -0.39 is 10.0 Å². The summed E-state index contributed by atoms with van der Waals surface area (Å²) in [4.78, 5) is 0.0765. The maximum absolute atomic E-state index is 12.1. The van der Waals surface area contributed by atoms with Crippen LogP contribution in [0.3, 0.4) is 0 Å². The molecule has 18 heavy (non-hydrogen) atoms. The molecule has 0 amide bonds. The lowest BCUT2D eigenvalue weighted by Crippen LogP contribution is -2.39. The fraction of sp³-hybridized carbons (Fsp3) is 0.455. The Morgan fingerprint density at radius 2 is 1.83 bits per heavy atom. The summed E-state index contributed by atoms with van der Waals surface area (Å²) in [5.74, 6) is 0.304. The minimum Gasteiger partial charge on any atom is -0.207 e. The first-order chi connectivity index (χ1) is 8.27. The van der Waals surface area contributed by atoms with Crippen molar-refractivity contribution in [2.24, 2.45) is 5.92 Å². The second-order valence-electron chi connectivity index (χ2n) is 4.20. The zero-order chi connectivity index (χ0) is 13.9. The van der Waals surface area contributed by atoms with Crippen molar-refractivity contribution in [3.63, 3.8) is 0 Å². The number of benzene rings is 1. The molecule has 0 heterocycles. The van der Waals surface area contributed by atoms with Gasteiger partial charge >= 0.3 is 0 Å². The van der Waals surface area contributed by atoms with Crippen molar-refractivity contribution in [2.75, 3.05) is 5.88 Å². The van der Waals surface area contributed by atoms with E-state index in [2.05, 4.69) is 4.72 Å². The molecule has 102 valence electrons. The van der Waals surface area contributed by atoms with E-state index in [9.17, 15) is 8.42 Å². The summed E-state index contributed by atoms with van der Waals surface area (Å²) in [7, 11) is -3.63. The zero-order valence-electron chi connectivity index (χ0n) is 9.95. The molecule has 0 aliphatic rings. The highest BCUT2D eigenvalue weighted by molar-refractivity contribution is 7.89. The average molecular weight is 331 g/mol. The summed E-state index contributed by atoms with van der Waals surface area (Å²) >= 11 is 17.3. The van der Waals surface area contributed by atoms with E-state index in [1.165, 1.54) is 18.2 Å². The Balaban J connectivity index is 3.02. The Hall–Kier alpha value is -0.000000000000000111. The van der Waals surface area contributed by atoms with Gasteiger partial charge in [0.2, 0.25) is 10.0 Å². The van der Waals surface area contributed by atoms with Gasteiger partial charge in [-0.25, -0.2) is 13.1 Å². The van der Waals surface area contributed by atoms with Gasteiger partial charge in [-0.1, -0.05) is 37.0 Å². The van der Waals surface area contributed by atoms with Crippen LogP contribution < -0.4 is 4.72 Å². The van der Waals surface area contributed by atoms with E-state index in [-0.39, 0.29) is 27.8 Å². The molecule has 0 saturated heterocycles. The molecule has 0 aliphatic heterocycles. The molecule has 0 fully saturated rings. The summed E-state index contributed by atoms with van der Waals surface area (Å²) in [6.07, 6.45) is 0. The highest BCUT2D eigenvalue weighted by Crippen LogP contribution is 2.25. The van der Waals surface area contributed by atoms with Crippen LogP contribution in [-0.2, 0) is 10.0 Å². The third-order valence-electron chi connectivity index (χ3n) is 2.48. The Bertz CT molecular complexity index is 517. The minimum atomic E-state index is -3.63. The van der Waals surface area contributed by atoms with E-state index in [0.717, 1.165) is 0 Å². The van der Waals surface area contributed by atoms with Crippen LogP contribution in [0.5, 0.6) is 0 Å². The SMILES string of the molecule is CC(C)C(CCl)NS(=O)(=O)c1ccc(Cl)c(Cl)c1. The average Bonchev–Trinajstić information content (AvgIpc) is 2.29. The normalized spacial score (nSPS) is 13.9. The van der Waals surface area contributed by atoms with Gasteiger partial charge in [0.15, 0.2) is 0 Å². The van der Waals surface area contributed by atoms with Gasteiger partial charge in [0.25, 0.3) is 0 Å². The maximum atomic E-state index is 12.1. The third kappa shape index (κ3) is 4.00. The monoisotopic (exact) mass is 329 g/mol. The van der Waals surface area contributed by atoms with Crippen molar-refractivity contribution >= 4 is 44.8 Å². The van der Waals surface area contributed by atoms with Crippen LogP contribution in [-0.4, -0.2) is 20.3 Å². The van der Waals surface area contributed by atoms with Crippen LogP contribution in [0.1, 0.15) is 13.8 Å². The summed E-state index contributed by atoms with van der Waals surface area (Å²) in [6.45, 7) is 3.79. The summed E-state index contributed by atoms with van der Waals surface area (Å²) in [5, 5.41) is 0.514. The van der Waals surface area contributed by atoms with Crippen LogP contribution in [0.25, 0.3) is 0 Å². The first kappa shape index (κ1) is 16.1. The fourth-order valence-electron chi connectivity index (χ4n) is 1.26. The number of hydrogen-bond donors (Lipinski definition) is 1. The van der Waals surface area contributed by atoms with Crippen LogP contribution in [0, 0.1) is 5.92 Å². The molecule has 3 nitrogen and oxygen atoms in total. The van der Waals surface area contributed by atoms with Gasteiger partial charge < -0.3 is 0 Å². The first-order valence-electron chi connectivity index (χ1n) is 5.31. The first-order valence-corrected chi connectivity index (χ1v) is 8.08. The number of nitrogens with one attached hydrogen (secondary N) is 1. The predicted molar refractivity (Wildman–Crippen MR) is 76.1 cm³/mol. The van der Waals surface area contributed by atoms with Gasteiger partial charge in [-0.3, -0.25) is 0 Å². The standard InChI is InChI=1S/C11H14Cl3NO2S/c1-7(2)11(6-12)15-18(16,17)8-3-4-9(13)10(14)5-8/h3-5,7,11,15H,6H2,1-2H3. The molecule has 1 rings (SSSR count). The Morgan fingerprint density at radius 1 is 1.22 bits per heavy atom. The molecule has 0 aliphatic carbocycles. The second-order valence-corrected chi connectivity index (χ2v) is 7.04. The molecule has 0 saturated carbocycles. The Labute approximate surface area is 122 Å². The fourth-order valence-corrected chi connectivity index (χ4v) is 3.56. The largest absolute Gasteiger partial charge is 0.240 e. The number of sulfonamides is 1. The van der Waals surface area contributed by atoms with Gasteiger partial charge in [-0.05, 0) is 24.1 Å². The van der Waals surface area contributed by atoms with E-state index in [0.29, 0.717) is 5.02 Å². The molecule has 1 aromatic carbocycles. The Kier molecular flexibility index (Phi) is 5.74. The summed E-state index contributed by atoms with van der Waals surface area (Å²) < 4.78 is 26.7. The van der Waals surface area contributed by atoms with E-state index in [1.54, 1.807) is 0 Å². The molecule has 0 aromatic heterocycles. The molecular formula is C11H14Cl3NO2S. The maximum Gasteiger partial charge on any atom is 0.240 e. The highest BCUT2D eigenvalue weighted by Gasteiger charge is 2.22. The molecule has 1 unspecified atom stereocenters. The second kappa shape index (κ2) is 6.44. The quantitative estimate of drug-likeness (QED) is 0.839. The minimum absolute atomic E-state index is 0.0765. The molecule has 1 atom stereocenters. The van der Waals surface area contributed by atoms with Crippen LogP contribution in [0.2, 0.25) is 10.0 Å². The van der Waals surface area contributed by atoms with Crippen molar-refractivity contribution < 1.29 is 8.42 Å². The van der Waals surface area contributed by atoms with E-state index >= 15 is 0 Å². The van der Waals surface area contributed by atoms with Crippen LogP contribution >= 0.6 is 34.8 Å². The van der Waals surface area contributed by atoms with E-state index in [1.807, 2.05) is 13.8 Å². The highest BCUT2D eigenvalue weighted by atomic mass is 35.5. The third-order valence-corrected chi connectivity index (χ3v) is 5.04. The van der Waals surface area contributed by atoms with Crippen LogP contribution in [0.15, 0.2) is 23.1 Å². The van der Waals surface area contributed by atoms with Gasteiger partial charge in [0, 0.05) is 11.9 Å². The van der Waals surface area contributed by atoms with Gasteiger partial charge in [0.05, 0.1) is 14.9 Å². The predicted octanol–water partition coefficient (Wildman–Crippen LogP) is 3.54. The molecular weight excluding hydrogens is 317 g/mol. The summed E-state index contributed by atoms with van der Waals surface area (Å²) in [5.41, 5.74) is 0. The van der Waals surface area contributed by atoms with Gasteiger partial charge in [-0.2, -0.15) is 0 Å². The topological polar surface area (TPSA) is 46.2 Å². The zero-order valence-corrected chi connectivity index (χ0v) is 13.0. The molecule has 0 radical (unpaired) electrons. The lowest BCUT2D eigenvalue weighted by atomic mass is 10.1. The van der Waals surface area contributed by atoms with Crippen molar-refractivity contribution in [3.8, 4) is 0 Å². The molecule has 0 bridgehead atoms. The Morgan fingerprint density at radius 3 is 2.28 bits per heavy atom. The number of alkyl halides is 1. The van der Waals surface area contributed by atoms with Crippen molar-refractivity contribution in [1.29, 1.82) is 0 Å². The number of halogens is 3. The smallest absolute Gasteiger partial charge is 0.207 e. The molecule has 1 aromatic rings. The summed E-state index contributed by atoms with van der Waals surface area (Å²) in [6, 6.07) is 3.84. The van der Waals surface area contributed by atoms with Gasteiger partial charge in [-0.15, -0.1) is 11.6 Å². The van der Waals surface area contributed by atoms with Crippen molar-refractivity contribution in [2.45, 2.75) is 24.8 Å². The van der Waals surface area contributed by atoms with Gasteiger partial charge in [0.1, 0.15) is 0 Å².